The molecule has 25 heavy (non-hydrogen) atoms. The van der Waals surface area contributed by atoms with Crippen LogP contribution in [0.2, 0.25) is 0 Å². The van der Waals surface area contributed by atoms with Crippen LogP contribution in [-0.2, 0) is 6.54 Å². The zero-order valence-electron chi connectivity index (χ0n) is 15.4. The molecule has 1 unspecified atom stereocenters. The van der Waals surface area contributed by atoms with Gasteiger partial charge in [0.25, 0.3) is 0 Å². The third-order valence-electron chi connectivity index (χ3n) is 5.65. The lowest BCUT2D eigenvalue weighted by Crippen LogP contribution is -2.54. The van der Waals surface area contributed by atoms with Gasteiger partial charge in [0, 0.05) is 63.3 Å². The van der Waals surface area contributed by atoms with Crippen LogP contribution in [0.5, 0.6) is 0 Å². The van der Waals surface area contributed by atoms with Crippen LogP contribution in [0.1, 0.15) is 18.9 Å². The van der Waals surface area contributed by atoms with Crippen molar-refractivity contribution in [2.24, 2.45) is 0 Å². The summed E-state index contributed by atoms with van der Waals surface area (Å²) in [6.45, 7) is 6.11. The van der Waals surface area contributed by atoms with Crippen molar-refractivity contribution in [3.8, 4) is 0 Å². The first kappa shape index (κ1) is 16.8. The SMILES string of the molecule is C[C@H]1CN2C[C@H](O)CC2CN1Cc1cc2ccccc2nc1N(C)C. The summed E-state index contributed by atoms with van der Waals surface area (Å²) in [4.78, 5) is 12.0. The van der Waals surface area contributed by atoms with E-state index in [0.717, 1.165) is 43.9 Å². The summed E-state index contributed by atoms with van der Waals surface area (Å²) >= 11 is 0. The lowest BCUT2D eigenvalue weighted by molar-refractivity contribution is 0.0529. The molecule has 0 bridgehead atoms. The predicted octanol–water partition coefficient (Wildman–Crippen LogP) is 1.94. The molecule has 1 N–H and O–H groups in total. The summed E-state index contributed by atoms with van der Waals surface area (Å²) in [5, 5.41) is 11.2. The van der Waals surface area contributed by atoms with Gasteiger partial charge in [-0.25, -0.2) is 4.98 Å². The van der Waals surface area contributed by atoms with E-state index in [9.17, 15) is 5.11 Å². The summed E-state index contributed by atoms with van der Waals surface area (Å²) in [5.41, 5.74) is 2.33. The zero-order valence-corrected chi connectivity index (χ0v) is 15.4. The number of nitrogens with zero attached hydrogens (tertiary/aromatic N) is 4. The largest absolute Gasteiger partial charge is 0.392 e. The molecule has 1 aromatic carbocycles. The third-order valence-corrected chi connectivity index (χ3v) is 5.65. The topological polar surface area (TPSA) is 42.8 Å². The van der Waals surface area contributed by atoms with E-state index in [4.69, 9.17) is 4.98 Å². The van der Waals surface area contributed by atoms with Crippen LogP contribution in [0, 0.1) is 0 Å². The number of rotatable bonds is 3. The second-order valence-electron chi connectivity index (χ2n) is 7.83. The van der Waals surface area contributed by atoms with Gasteiger partial charge in [-0.05, 0) is 25.5 Å². The second kappa shape index (κ2) is 6.56. The van der Waals surface area contributed by atoms with Crippen molar-refractivity contribution < 1.29 is 5.11 Å². The molecule has 134 valence electrons. The van der Waals surface area contributed by atoms with E-state index < -0.39 is 0 Å². The smallest absolute Gasteiger partial charge is 0.133 e. The second-order valence-corrected chi connectivity index (χ2v) is 7.83. The van der Waals surface area contributed by atoms with Gasteiger partial charge in [0.2, 0.25) is 0 Å². The maximum Gasteiger partial charge on any atom is 0.133 e. The Hall–Kier alpha value is -1.69. The van der Waals surface area contributed by atoms with Crippen molar-refractivity contribution in [1.82, 2.24) is 14.8 Å². The van der Waals surface area contributed by atoms with Crippen molar-refractivity contribution in [2.45, 2.75) is 38.1 Å². The van der Waals surface area contributed by atoms with E-state index in [-0.39, 0.29) is 6.10 Å². The fourth-order valence-corrected chi connectivity index (χ4v) is 4.37. The first-order valence-corrected chi connectivity index (χ1v) is 9.23. The fraction of sp³-hybridized carbons (Fsp3) is 0.550. The van der Waals surface area contributed by atoms with Crippen molar-refractivity contribution in [3.63, 3.8) is 0 Å². The van der Waals surface area contributed by atoms with E-state index in [2.05, 4.69) is 60.0 Å². The monoisotopic (exact) mass is 340 g/mol. The fourth-order valence-electron chi connectivity index (χ4n) is 4.37. The minimum Gasteiger partial charge on any atom is -0.392 e. The molecule has 5 nitrogen and oxygen atoms in total. The quantitative estimate of drug-likeness (QED) is 0.925. The van der Waals surface area contributed by atoms with E-state index in [1.54, 1.807) is 0 Å². The number of fused-ring (bicyclic) bond motifs is 2. The van der Waals surface area contributed by atoms with Crippen molar-refractivity contribution >= 4 is 16.7 Å². The highest BCUT2D eigenvalue weighted by Gasteiger charge is 2.38. The van der Waals surface area contributed by atoms with Crippen LogP contribution in [0.15, 0.2) is 30.3 Å². The molecule has 2 aliphatic heterocycles. The lowest BCUT2D eigenvalue weighted by Gasteiger charge is -2.42. The molecule has 2 fully saturated rings. The first-order valence-electron chi connectivity index (χ1n) is 9.23. The molecule has 4 rings (SSSR count). The summed E-state index contributed by atoms with van der Waals surface area (Å²) in [7, 11) is 4.13. The lowest BCUT2D eigenvalue weighted by atomic mass is 10.1. The summed E-state index contributed by atoms with van der Waals surface area (Å²) in [6, 6.07) is 11.6. The number of aromatic nitrogens is 1. The Labute approximate surface area is 149 Å². The highest BCUT2D eigenvalue weighted by molar-refractivity contribution is 5.81. The Morgan fingerprint density at radius 2 is 2.00 bits per heavy atom. The van der Waals surface area contributed by atoms with Crippen molar-refractivity contribution in [2.75, 3.05) is 38.6 Å². The number of anilines is 1. The number of aliphatic hydroxyl groups is 1. The Balaban J connectivity index is 1.62. The normalized spacial score (nSPS) is 27.6. The van der Waals surface area contributed by atoms with Crippen LogP contribution in [0.25, 0.3) is 10.9 Å². The van der Waals surface area contributed by atoms with Gasteiger partial charge in [-0.15, -0.1) is 0 Å². The minimum absolute atomic E-state index is 0.156. The average Bonchev–Trinajstić information content (AvgIpc) is 2.93. The Morgan fingerprint density at radius 1 is 1.20 bits per heavy atom. The van der Waals surface area contributed by atoms with Crippen molar-refractivity contribution in [1.29, 1.82) is 0 Å². The van der Waals surface area contributed by atoms with Gasteiger partial charge < -0.3 is 10.0 Å². The summed E-state index contributed by atoms with van der Waals surface area (Å²) in [6.07, 6.45) is 0.747. The standard InChI is InChI=1S/C20H28N4O/c1-14-10-24-13-18(25)9-17(24)12-23(14)11-16-8-15-6-4-5-7-19(15)21-20(16)22(2)3/h4-8,14,17-18,25H,9-13H2,1-3H3/t14-,17?,18+/m0/s1. The van der Waals surface area contributed by atoms with E-state index in [1.165, 1.54) is 10.9 Å². The van der Waals surface area contributed by atoms with E-state index in [0.29, 0.717) is 12.1 Å². The van der Waals surface area contributed by atoms with Crippen LogP contribution in [0.3, 0.4) is 0 Å². The molecule has 5 heteroatoms. The Bertz CT molecular complexity index is 762. The maximum atomic E-state index is 9.98. The number of para-hydroxylation sites is 1. The Morgan fingerprint density at radius 3 is 2.80 bits per heavy atom. The van der Waals surface area contributed by atoms with Gasteiger partial charge in [-0.1, -0.05) is 18.2 Å². The zero-order chi connectivity index (χ0) is 17.6. The molecule has 3 atom stereocenters. The number of pyridine rings is 1. The van der Waals surface area contributed by atoms with Gasteiger partial charge in [-0.3, -0.25) is 9.80 Å². The van der Waals surface area contributed by atoms with Crippen molar-refractivity contribution in [3.05, 3.63) is 35.9 Å². The number of benzene rings is 1. The van der Waals surface area contributed by atoms with Crippen LogP contribution >= 0.6 is 0 Å². The van der Waals surface area contributed by atoms with Crippen LogP contribution < -0.4 is 4.90 Å². The summed E-state index contributed by atoms with van der Waals surface area (Å²) < 4.78 is 0. The molecular weight excluding hydrogens is 312 g/mol. The molecule has 0 aliphatic carbocycles. The van der Waals surface area contributed by atoms with Gasteiger partial charge >= 0.3 is 0 Å². The molecule has 2 saturated heterocycles. The Kier molecular flexibility index (Phi) is 4.40. The highest BCUT2D eigenvalue weighted by Crippen LogP contribution is 2.29. The van der Waals surface area contributed by atoms with Crippen LogP contribution in [0.4, 0.5) is 5.82 Å². The third kappa shape index (κ3) is 3.24. The molecule has 2 aromatic rings. The molecule has 0 radical (unpaired) electrons. The number of aliphatic hydroxyl groups excluding tert-OH is 1. The predicted molar refractivity (Wildman–Crippen MR) is 102 cm³/mol. The number of hydrogen-bond donors (Lipinski definition) is 1. The van der Waals surface area contributed by atoms with E-state index >= 15 is 0 Å². The highest BCUT2D eigenvalue weighted by atomic mass is 16.3. The van der Waals surface area contributed by atoms with Gasteiger partial charge in [0.05, 0.1) is 11.6 Å². The van der Waals surface area contributed by atoms with Gasteiger partial charge in [0.1, 0.15) is 5.82 Å². The van der Waals surface area contributed by atoms with Gasteiger partial charge in [0.15, 0.2) is 0 Å². The molecular formula is C20H28N4O. The van der Waals surface area contributed by atoms with Crippen LogP contribution in [-0.4, -0.2) is 71.8 Å². The number of hydrogen-bond acceptors (Lipinski definition) is 5. The maximum absolute atomic E-state index is 9.98. The molecule has 0 spiro atoms. The number of piperazine rings is 1. The van der Waals surface area contributed by atoms with Gasteiger partial charge in [-0.2, -0.15) is 0 Å². The molecule has 1 aromatic heterocycles. The minimum atomic E-state index is -0.156. The molecule has 0 saturated carbocycles. The average molecular weight is 340 g/mol. The summed E-state index contributed by atoms with van der Waals surface area (Å²) in [5.74, 6) is 1.06. The molecule has 3 heterocycles. The first-order chi connectivity index (χ1) is 12.0. The molecule has 0 amide bonds. The molecule has 2 aliphatic rings. The van der Waals surface area contributed by atoms with E-state index in [1.807, 2.05) is 6.07 Å².